The second kappa shape index (κ2) is 7.52. The van der Waals surface area contributed by atoms with Gasteiger partial charge in [-0.1, -0.05) is 32.0 Å². The van der Waals surface area contributed by atoms with Gasteiger partial charge in [-0.25, -0.2) is 0 Å². The Kier molecular flexibility index (Phi) is 4.26. The van der Waals surface area contributed by atoms with Gasteiger partial charge in [0.25, 0.3) is 0 Å². The second-order valence-corrected chi connectivity index (χ2v) is 8.95. The molecule has 1 N–H and O–H groups in total. The Bertz CT molecular complexity index is 1370. The monoisotopic (exact) mass is 412 g/mol. The molecule has 0 radical (unpaired) electrons. The van der Waals surface area contributed by atoms with Gasteiger partial charge in [-0.15, -0.1) is 0 Å². The van der Waals surface area contributed by atoms with Crippen molar-refractivity contribution in [3.05, 3.63) is 76.1 Å². The highest BCUT2D eigenvalue weighted by Crippen LogP contribution is 2.35. The molecule has 1 aliphatic heterocycles. The molecule has 0 spiro atoms. The number of aryl methyl sites for hydroxylation is 3. The van der Waals surface area contributed by atoms with Gasteiger partial charge in [0.05, 0.1) is 20.1 Å². The maximum atomic E-state index is 9.18. The third kappa shape index (κ3) is 3.40. The third-order valence-electron chi connectivity index (χ3n) is 6.39. The lowest BCUT2D eigenvalue weighted by Crippen LogP contribution is -2.32. The van der Waals surface area contributed by atoms with E-state index in [1.807, 2.05) is 30.2 Å². The third-order valence-corrected chi connectivity index (χ3v) is 6.39. The van der Waals surface area contributed by atoms with Crippen molar-refractivity contribution in [1.82, 2.24) is 15.2 Å². The van der Waals surface area contributed by atoms with Gasteiger partial charge in [0.15, 0.2) is 0 Å². The summed E-state index contributed by atoms with van der Waals surface area (Å²) in [5.74, 6) is 0.395. The van der Waals surface area contributed by atoms with E-state index in [2.05, 4.69) is 62.2 Å². The Morgan fingerprint density at radius 3 is 2.65 bits per heavy atom. The van der Waals surface area contributed by atoms with E-state index in [-0.39, 0.29) is 0 Å². The van der Waals surface area contributed by atoms with Crippen LogP contribution in [-0.2, 0) is 12.9 Å². The fraction of sp³-hybridized carbons (Fsp3) is 0.333. The zero-order chi connectivity index (χ0) is 23.5. The predicted octanol–water partition coefficient (Wildman–Crippen LogP) is 6.24. The number of pyridine rings is 1. The van der Waals surface area contributed by atoms with Gasteiger partial charge in [0.1, 0.15) is 0 Å². The number of aromatic nitrogens is 3. The van der Waals surface area contributed by atoms with Crippen LogP contribution in [0.5, 0.6) is 0 Å². The van der Waals surface area contributed by atoms with Crippen molar-refractivity contribution in [2.24, 2.45) is 0 Å². The average Bonchev–Trinajstić information content (AvgIpc) is 3.22. The highest BCUT2D eigenvalue weighted by atomic mass is 15.1. The molecule has 0 unspecified atom stereocenters. The molecule has 5 rings (SSSR count). The number of hydrogen-bond donors (Lipinski definition) is 1. The molecule has 2 aromatic carbocycles. The van der Waals surface area contributed by atoms with E-state index in [0.717, 1.165) is 50.2 Å². The molecule has 4 nitrogen and oxygen atoms in total. The maximum absolute atomic E-state index is 9.18. The van der Waals surface area contributed by atoms with Crippen LogP contribution < -0.4 is 4.90 Å². The topological polar surface area (TPSA) is 44.8 Å². The summed E-state index contributed by atoms with van der Waals surface area (Å²) in [5.41, 5.74) is 9.84. The van der Waals surface area contributed by atoms with Crippen molar-refractivity contribution in [1.29, 1.82) is 0 Å². The minimum Gasteiger partial charge on any atom is -0.367 e. The summed E-state index contributed by atoms with van der Waals surface area (Å²) < 4.78 is 18.4. The van der Waals surface area contributed by atoms with Crippen LogP contribution in [0.25, 0.3) is 22.2 Å². The standard InChI is InChI=1S/C27H30N4/c1-16(2)20-8-6-17(3)26(13-20)31-11-10-23-22(15-31)19(5)12-25(29-23)27-18(4)7-9-24-21(27)14-28-30-24/h6-9,12-14,16H,10-11,15H2,1-5H3,(H,28,30)/i15D2. The van der Waals surface area contributed by atoms with Gasteiger partial charge in [-0.2, -0.15) is 5.10 Å². The summed E-state index contributed by atoms with van der Waals surface area (Å²) in [6.45, 7) is 9.46. The van der Waals surface area contributed by atoms with E-state index >= 15 is 0 Å². The summed E-state index contributed by atoms with van der Waals surface area (Å²) in [4.78, 5) is 6.94. The van der Waals surface area contributed by atoms with E-state index in [1.165, 1.54) is 5.56 Å². The number of nitrogens with one attached hydrogen (secondary N) is 1. The molecule has 0 fully saturated rings. The molecule has 0 saturated heterocycles. The number of fused-ring (bicyclic) bond motifs is 2. The number of aromatic amines is 1. The van der Waals surface area contributed by atoms with Gasteiger partial charge in [0.2, 0.25) is 0 Å². The molecule has 4 heteroatoms. The molecule has 4 aromatic rings. The first-order valence-electron chi connectivity index (χ1n) is 12.0. The average molecular weight is 413 g/mol. The first kappa shape index (κ1) is 17.5. The van der Waals surface area contributed by atoms with Crippen LogP contribution >= 0.6 is 0 Å². The Balaban J connectivity index is 1.63. The fourth-order valence-corrected chi connectivity index (χ4v) is 4.53. The lowest BCUT2D eigenvalue weighted by atomic mass is 9.94. The van der Waals surface area contributed by atoms with E-state index in [0.29, 0.717) is 24.4 Å². The van der Waals surface area contributed by atoms with Crippen molar-refractivity contribution in [2.45, 2.75) is 53.5 Å². The van der Waals surface area contributed by atoms with Crippen LogP contribution in [0.15, 0.2) is 42.6 Å². The molecule has 158 valence electrons. The first-order chi connectivity index (χ1) is 15.7. The van der Waals surface area contributed by atoms with Crippen molar-refractivity contribution < 1.29 is 2.74 Å². The van der Waals surface area contributed by atoms with Crippen molar-refractivity contribution in [3.63, 3.8) is 0 Å². The molecule has 0 saturated carbocycles. The number of benzene rings is 2. The normalized spacial score (nSPS) is 16.4. The first-order valence-corrected chi connectivity index (χ1v) is 11.0. The quantitative estimate of drug-likeness (QED) is 0.433. The fourth-order valence-electron chi connectivity index (χ4n) is 4.53. The molecule has 0 aliphatic carbocycles. The minimum atomic E-state index is -1.64. The number of H-pyrrole nitrogens is 1. The van der Waals surface area contributed by atoms with E-state index in [1.54, 1.807) is 0 Å². The molecule has 3 heterocycles. The number of nitrogens with zero attached hydrogens (tertiary/aromatic N) is 3. The van der Waals surface area contributed by atoms with Gasteiger partial charge in [-0.05, 0) is 72.7 Å². The van der Waals surface area contributed by atoms with Crippen LogP contribution in [0, 0.1) is 20.8 Å². The molecular weight excluding hydrogens is 380 g/mol. The van der Waals surface area contributed by atoms with Crippen LogP contribution in [0.4, 0.5) is 5.69 Å². The van der Waals surface area contributed by atoms with Crippen molar-refractivity contribution in [3.8, 4) is 11.3 Å². The van der Waals surface area contributed by atoms with Gasteiger partial charge >= 0.3 is 0 Å². The van der Waals surface area contributed by atoms with E-state index in [4.69, 9.17) is 4.98 Å². The maximum Gasteiger partial charge on any atom is 0.0718 e. The highest BCUT2D eigenvalue weighted by Gasteiger charge is 2.23. The zero-order valence-electron chi connectivity index (χ0n) is 20.9. The molecule has 0 bridgehead atoms. The van der Waals surface area contributed by atoms with Crippen molar-refractivity contribution >= 4 is 16.6 Å². The lowest BCUT2D eigenvalue weighted by Gasteiger charge is -2.33. The minimum absolute atomic E-state index is 0.395. The number of anilines is 1. The zero-order valence-corrected chi connectivity index (χ0v) is 18.9. The smallest absolute Gasteiger partial charge is 0.0718 e. The molecule has 0 amide bonds. The molecule has 31 heavy (non-hydrogen) atoms. The summed E-state index contributed by atoms with van der Waals surface area (Å²) in [7, 11) is 0. The molecule has 0 atom stereocenters. The molecular formula is C27H30N4. The number of rotatable bonds is 3. The Morgan fingerprint density at radius 1 is 1.03 bits per heavy atom. The van der Waals surface area contributed by atoms with E-state index in [9.17, 15) is 2.74 Å². The Morgan fingerprint density at radius 2 is 1.84 bits per heavy atom. The van der Waals surface area contributed by atoms with Gasteiger partial charge < -0.3 is 4.90 Å². The van der Waals surface area contributed by atoms with Crippen LogP contribution in [-0.4, -0.2) is 21.7 Å². The summed E-state index contributed by atoms with van der Waals surface area (Å²) in [5, 5.41) is 8.30. The van der Waals surface area contributed by atoms with Gasteiger partial charge in [0, 0.05) is 41.8 Å². The second-order valence-electron chi connectivity index (χ2n) is 8.95. The van der Waals surface area contributed by atoms with Crippen LogP contribution in [0.3, 0.4) is 0 Å². The summed E-state index contributed by atoms with van der Waals surface area (Å²) in [6, 6.07) is 12.6. The predicted molar refractivity (Wildman–Crippen MR) is 129 cm³/mol. The lowest BCUT2D eigenvalue weighted by molar-refractivity contribution is 0.705. The Hall–Kier alpha value is -3.14. The van der Waals surface area contributed by atoms with Crippen molar-refractivity contribution in [2.75, 3.05) is 11.4 Å². The summed E-state index contributed by atoms with van der Waals surface area (Å²) in [6.07, 6.45) is 2.55. The largest absolute Gasteiger partial charge is 0.367 e. The molecule has 2 aromatic heterocycles. The van der Waals surface area contributed by atoms with E-state index < -0.39 is 6.50 Å². The summed E-state index contributed by atoms with van der Waals surface area (Å²) >= 11 is 0. The van der Waals surface area contributed by atoms with Crippen LogP contribution in [0.1, 0.15) is 56.0 Å². The highest BCUT2D eigenvalue weighted by molar-refractivity contribution is 5.95. The molecule has 1 aliphatic rings. The SMILES string of the molecule is [2H]C1([2H])c2c(C)cc(-c3c(C)ccc4[nH]ncc34)nc2CCN1c1cc(C(C)C)ccc1C. The Labute approximate surface area is 187 Å². The number of hydrogen-bond acceptors (Lipinski definition) is 3. The van der Waals surface area contributed by atoms with Gasteiger partial charge in [-0.3, -0.25) is 10.1 Å². The van der Waals surface area contributed by atoms with Crippen LogP contribution in [0.2, 0.25) is 0 Å².